The molecule has 10 heteroatoms. The van der Waals surface area contributed by atoms with E-state index in [0.29, 0.717) is 0 Å². The minimum Gasteiger partial charge on any atom is -0.463 e. The minimum atomic E-state index is -0.720. The second-order valence-corrected chi connectivity index (χ2v) is 4.08. The number of esters is 1. The lowest BCUT2D eigenvalue weighted by Crippen LogP contribution is -2.24. The third-order valence-electron chi connectivity index (χ3n) is 2.08. The molecular weight excluding hydrogens is 286 g/mol. The molecule has 5 N–H and O–H groups in total. The number of carbonyl (C=O) groups excluding carboxylic acids is 2. The number of rotatable bonds is 7. The van der Waals surface area contributed by atoms with Crippen LogP contribution in [-0.4, -0.2) is 39.8 Å². The summed E-state index contributed by atoms with van der Waals surface area (Å²) >= 11 is 4.71. The summed E-state index contributed by atoms with van der Waals surface area (Å²) in [6, 6.07) is 0. The van der Waals surface area contributed by atoms with Crippen LogP contribution in [0.15, 0.2) is 6.33 Å². The molecule has 0 saturated heterocycles. The van der Waals surface area contributed by atoms with E-state index in [4.69, 9.17) is 33.2 Å². The Bertz CT molecular complexity index is 516. The van der Waals surface area contributed by atoms with E-state index in [-0.39, 0.29) is 42.5 Å². The zero-order valence-electron chi connectivity index (χ0n) is 10.8. The monoisotopic (exact) mass is 301 g/mol. The molecule has 110 valence electrons. The molecule has 0 aliphatic rings. The Morgan fingerprint density at radius 2 is 2.15 bits per heavy atom. The molecule has 0 atom stereocenters. The first-order valence-electron chi connectivity index (χ1n) is 5.54. The lowest BCUT2D eigenvalue weighted by Gasteiger charge is -2.10. The molecule has 0 radical (unpaired) electrons. The van der Waals surface area contributed by atoms with E-state index in [2.05, 4.69) is 10.3 Å². The smallest absolute Gasteiger partial charge is 0.302 e. The molecule has 0 spiro atoms. The van der Waals surface area contributed by atoms with Gasteiger partial charge in [-0.1, -0.05) is 0 Å². The maximum Gasteiger partial charge on any atom is 0.302 e. The zero-order valence-corrected chi connectivity index (χ0v) is 11.6. The predicted octanol–water partition coefficient (Wildman–Crippen LogP) is -0.825. The van der Waals surface area contributed by atoms with E-state index in [0.717, 1.165) is 0 Å². The Labute approximate surface area is 120 Å². The molecule has 0 aromatic carbocycles. The van der Waals surface area contributed by atoms with Gasteiger partial charge in [0.1, 0.15) is 19.2 Å². The number of imidazole rings is 1. The van der Waals surface area contributed by atoms with Gasteiger partial charge in [-0.3, -0.25) is 14.2 Å². The molecule has 9 nitrogen and oxygen atoms in total. The van der Waals surface area contributed by atoms with Crippen LogP contribution >= 0.6 is 12.2 Å². The van der Waals surface area contributed by atoms with Gasteiger partial charge in [-0.05, 0) is 12.2 Å². The van der Waals surface area contributed by atoms with Crippen LogP contribution in [0.1, 0.15) is 17.4 Å². The number of nitrogens with two attached hydrogens (primary N) is 2. The highest BCUT2D eigenvalue weighted by Crippen LogP contribution is 2.13. The van der Waals surface area contributed by atoms with Crippen LogP contribution in [-0.2, 0) is 21.0 Å². The predicted molar refractivity (Wildman–Crippen MR) is 73.7 cm³/mol. The fourth-order valence-electron chi connectivity index (χ4n) is 1.32. The SMILES string of the molecule is CC(=O)OCCOCn1cnc(C(N)=O)c1NC(N)=S. The molecule has 0 aliphatic carbocycles. The average molecular weight is 301 g/mol. The number of nitrogens with one attached hydrogen (secondary N) is 1. The minimum absolute atomic E-state index is 0.00128. The van der Waals surface area contributed by atoms with Crippen molar-refractivity contribution in [3.63, 3.8) is 0 Å². The number of aromatic nitrogens is 2. The van der Waals surface area contributed by atoms with Gasteiger partial charge in [0.05, 0.1) is 12.9 Å². The van der Waals surface area contributed by atoms with Gasteiger partial charge in [0, 0.05) is 6.92 Å². The Hall–Kier alpha value is -2.20. The van der Waals surface area contributed by atoms with Gasteiger partial charge >= 0.3 is 5.97 Å². The molecular formula is C10H15N5O4S. The van der Waals surface area contributed by atoms with Crippen molar-refractivity contribution >= 4 is 35.0 Å². The number of nitrogens with zero attached hydrogens (tertiary/aromatic N) is 2. The third kappa shape index (κ3) is 4.82. The van der Waals surface area contributed by atoms with Crippen LogP contribution in [0.3, 0.4) is 0 Å². The number of amides is 1. The largest absolute Gasteiger partial charge is 0.463 e. The Morgan fingerprint density at radius 3 is 2.70 bits per heavy atom. The van der Waals surface area contributed by atoms with E-state index < -0.39 is 5.91 Å². The summed E-state index contributed by atoms with van der Waals surface area (Å²) < 4.78 is 11.4. The van der Waals surface area contributed by atoms with Crippen molar-refractivity contribution in [2.45, 2.75) is 13.7 Å². The summed E-state index contributed by atoms with van der Waals surface area (Å²) in [5.74, 6) is -0.858. The average Bonchev–Trinajstić information content (AvgIpc) is 2.71. The second kappa shape index (κ2) is 7.40. The van der Waals surface area contributed by atoms with Crippen molar-refractivity contribution in [1.82, 2.24) is 9.55 Å². The lowest BCUT2D eigenvalue weighted by atomic mass is 10.4. The molecule has 1 aromatic heterocycles. The fraction of sp³-hybridized carbons (Fsp3) is 0.400. The van der Waals surface area contributed by atoms with E-state index >= 15 is 0 Å². The Balaban J connectivity index is 2.62. The van der Waals surface area contributed by atoms with Gasteiger partial charge in [-0.15, -0.1) is 0 Å². The molecule has 0 bridgehead atoms. The first-order chi connectivity index (χ1) is 9.41. The maximum atomic E-state index is 11.2. The van der Waals surface area contributed by atoms with Crippen molar-refractivity contribution in [2.75, 3.05) is 18.5 Å². The molecule has 1 rings (SSSR count). The van der Waals surface area contributed by atoms with Crippen LogP contribution in [0.2, 0.25) is 0 Å². The number of ether oxygens (including phenoxy) is 2. The first-order valence-corrected chi connectivity index (χ1v) is 5.95. The van der Waals surface area contributed by atoms with E-state index in [1.165, 1.54) is 17.8 Å². The number of primary amides is 1. The second-order valence-electron chi connectivity index (χ2n) is 3.64. The van der Waals surface area contributed by atoms with Crippen LogP contribution in [0, 0.1) is 0 Å². The summed E-state index contributed by atoms with van der Waals surface area (Å²) in [6.07, 6.45) is 1.35. The zero-order chi connectivity index (χ0) is 15.1. The highest BCUT2D eigenvalue weighted by molar-refractivity contribution is 7.80. The van der Waals surface area contributed by atoms with Crippen LogP contribution in [0.5, 0.6) is 0 Å². The quantitative estimate of drug-likeness (QED) is 0.337. The standard InChI is InChI=1S/C10H15N5O4S/c1-6(16)19-3-2-18-5-15-4-13-7(8(11)17)9(15)14-10(12)20/h4H,2-3,5H2,1H3,(H2,11,17)(H3,12,14,20). The van der Waals surface area contributed by atoms with Crippen molar-refractivity contribution in [3.05, 3.63) is 12.0 Å². The van der Waals surface area contributed by atoms with Gasteiger partial charge in [0.2, 0.25) is 0 Å². The molecule has 1 heterocycles. The van der Waals surface area contributed by atoms with Gasteiger partial charge in [0.15, 0.2) is 10.8 Å². The van der Waals surface area contributed by atoms with Crippen LogP contribution in [0.4, 0.5) is 5.82 Å². The van der Waals surface area contributed by atoms with Crippen molar-refractivity contribution in [2.24, 2.45) is 11.5 Å². The van der Waals surface area contributed by atoms with Gasteiger partial charge < -0.3 is 26.3 Å². The topological polar surface area (TPSA) is 134 Å². The summed E-state index contributed by atoms with van der Waals surface area (Å²) in [4.78, 5) is 25.6. The van der Waals surface area contributed by atoms with Crippen molar-refractivity contribution < 1.29 is 19.1 Å². The van der Waals surface area contributed by atoms with E-state index in [1.54, 1.807) is 0 Å². The lowest BCUT2D eigenvalue weighted by molar-refractivity contribution is -0.142. The van der Waals surface area contributed by atoms with Gasteiger partial charge in [-0.25, -0.2) is 4.98 Å². The highest BCUT2D eigenvalue weighted by Gasteiger charge is 2.16. The van der Waals surface area contributed by atoms with Gasteiger partial charge in [-0.2, -0.15) is 0 Å². The normalized spacial score (nSPS) is 10.1. The number of carbonyl (C=O) groups is 2. The molecule has 1 amide bonds. The summed E-state index contributed by atoms with van der Waals surface area (Å²) in [6.45, 7) is 1.69. The van der Waals surface area contributed by atoms with Crippen LogP contribution in [0.25, 0.3) is 0 Å². The summed E-state index contributed by atoms with van der Waals surface area (Å²) in [7, 11) is 0. The van der Waals surface area contributed by atoms with Crippen molar-refractivity contribution in [3.8, 4) is 0 Å². The molecule has 20 heavy (non-hydrogen) atoms. The van der Waals surface area contributed by atoms with Gasteiger partial charge in [0.25, 0.3) is 5.91 Å². The van der Waals surface area contributed by atoms with Crippen molar-refractivity contribution in [1.29, 1.82) is 0 Å². The van der Waals surface area contributed by atoms with E-state index in [1.807, 2.05) is 0 Å². The summed E-state index contributed by atoms with van der Waals surface area (Å²) in [5, 5.41) is 2.57. The number of thiocarbonyl (C=S) groups is 1. The maximum absolute atomic E-state index is 11.2. The number of hydrogen-bond acceptors (Lipinski definition) is 6. The molecule has 1 aromatic rings. The Kier molecular flexibility index (Phi) is 5.87. The molecule has 0 saturated carbocycles. The third-order valence-corrected chi connectivity index (χ3v) is 2.18. The fourth-order valence-corrected chi connectivity index (χ4v) is 1.41. The molecule has 0 unspecified atom stereocenters. The first kappa shape index (κ1) is 15.9. The number of hydrogen-bond donors (Lipinski definition) is 3. The number of anilines is 1. The molecule has 0 fully saturated rings. The highest BCUT2D eigenvalue weighted by atomic mass is 32.1. The van der Waals surface area contributed by atoms with Crippen LogP contribution < -0.4 is 16.8 Å². The Morgan fingerprint density at radius 1 is 1.45 bits per heavy atom. The van der Waals surface area contributed by atoms with E-state index in [9.17, 15) is 9.59 Å². The molecule has 0 aliphatic heterocycles. The summed E-state index contributed by atoms with van der Waals surface area (Å²) in [5.41, 5.74) is 10.5.